The van der Waals surface area contributed by atoms with Crippen LogP contribution in [-0.4, -0.2) is 14.6 Å². The van der Waals surface area contributed by atoms with Crippen LogP contribution in [0, 0.1) is 6.92 Å². The van der Waals surface area contributed by atoms with E-state index in [0.717, 1.165) is 22.4 Å². The van der Waals surface area contributed by atoms with E-state index >= 15 is 0 Å². The molecule has 0 aliphatic carbocycles. The molecule has 0 atom stereocenters. The van der Waals surface area contributed by atoms with E-state index in [4.69, 9.17) is 0 Å². The van der Waals surface area contributed by atoms with Crippen LogP contribution in [0.2, 0.25) is 0 Å². The minimum absolute atomic E-state index is 0.923. The van der Waals surface area contributed by atoms with E-state index in [1.54, 1.807) is 0 Å². The Morgan fingerprint density at radius 1 is 0.778 bits per heavy atom. The van der Waals surface area contributed by atoms with E-state index in [1.165, 1.54) is 10.8 Å². The maximum absolute atomic E-state index is 4.31. The molecule has 0 saturated carbocycles. The highest BCUT2D eigenvalue weighted by Gasteiger charge is 2.10. The quantitative estimate of drug-likeness (QED) is 0.436. The number of hydrogen-bond acceptors (Lipinski definition) is 2. The predicted molar refractivity (Wildman–Crippen MR) is 72.7 cm³/mol. The van der Waals surface area contributed by atoms with Gasteiger partial charge in [-0.1, -0.05) is 42.5 Å². The van der Waals surface area contributed by atoms with Gasteiger partial charge >= 0.3 is 0 Å². The summed E-state index contributed by atoms with van der Waals surface area (Å²) in [5.41, 5.74) is 2.09. The van der Waals surface area contributed by atoms with Gasteiger partial charge in [0.2, 0.25) is 0 Å². The molecule has 0 radical (unpaired) electrons. The molecule has 0 aliphatic rings. The number of pyridine rings is 1. The molecule has 86 valence electrons. The van der Waals surface area contributed by atoms with Gasteiger partial charge in [0.05, 0.1) is 5.52 Å². The number of rotatable bonds is 0. The fraction of sp³-hybridized carbons (Fsp3) is 0.0667. The maximum Gasteiger partial charge on any atom is 0.169 e. The summed E-state index contributed by atoms with van der Waals surface area (Å²) in [5, 5.41) is 12.1. The molecule has 2 heterocycles. The van der Waals surface area contributed by atoms with Crippen LogP contribution in [0.1, 0.15) is 5.82 Å². The second kappa shape index (κ2) is 3.29. The number of aromatic nitrogens is 3. The SMILES string of the molecule is Cc1nnc2c3ccccc3c3ccccc3n12. The highest BCUT2D eigenvalue weighted by molar-refractivity contribution is 6.11. The van der Waals surface area contributed by atoms with Crippen molar-refractivity contribution in [3.8, 4) is 0 Å². The summed E-state index contributed by atoms with van der Waals surface area (Å²) in [5.74, 6) is 0.923. The average Bonchev–Trinajstić information content (AvgIpc) is 2.82. The van der Waals surface area contributed by atoms with Crippen molar-refractivity contribution in [1.29, 1.82) is 0 Å². The smallest absolute Gasteiger partial charge is 0.169 e. The van der Waals surface area contributed by atoms with Gasteiger partial charge in [0.25, 0.3) is 0 Å². The first kappa shape index (κ1) is 9.59. The number of nitrogens with zero attached hydrogens (tertiary/aromatic N) is 3. The molecule has 0 saturated heterocycles. The van der Waals surface area contributed by atoms with Crippen molar-refractivity contribution in [3.63, 3.8) is 0 Å². The van der Waals surface area contributed by atoms with Crippen LogP contribution < -0.4 is 0 Å². The molecule has 0 unspecified atom stereocenters. The number of para-hydroxylation sites is 1. The normalized spacial score (nSPS) is 11.6. The molecule has 0 amide bonds. The summed E-state index contributed by atoms with van der Waals surface area (Å²) in [7, 11) is 0. The van der Waals surface area contributed by atoms with Crippen LogP contribution in [0.15, 0.2) is 48.5 Å². The Morgan fingerprint density at radius 3 is 2.28 bits per heavy atom. The first-order valence-corrected chi connectivity index (χ1v) is 5.97. The molecule has 18 heavy (non-hydrogen) atoms. The van der Waals surface area contributed by atoms with Crippen molar-refractivity contribution in [2.24, 2.45) is 0 Å². The molecule has 2 aromatic heterocycles. The second-order valence-corrected chi connectivity index (χ2v) is 4.47. The van der Waals surface area contributed by atoms with Gasteiger partial charge in [-0.15, -0.1) is 10.2 Å². The van der Waals surface area contributed by atoms with Gasteiger partial charge in [-0.05, 0) is 18.4 Å². The molecule has 0 N–H and O–H groups in total. The predicted octanol–water partition coefficient (Wildman–Crippen LogP) is 3.34. The Hall–Kier alpha value is -2.42. The highest BCUT2D eigenvalue weighted by Crippen LogP contribution is 2.28. The van der Waals surface area contributed by atoms with Gasteiger partial charge in [-0.25, -0.2) is 0 Å². The number of aryl methyl sites for hydroxylation is 1. The van der Waals surface area contributed by atoms with Crippen LogP contribution in [0.3, 0.4) is 0 Å². The Labute approximate surface area is 104 Å². The third-order valence-electron chi connectivity index (χ3n) is 3.43. The molecule has 3 heteroatoms. The lowest BCUT2D eigenvalue weighted by Crippen LogP contribution is -1.92. The Balaban J connectivity index is 2.48. The highest BCUT2D eigenvalue weighted by atomic mass is 15.2. The van der Waals surface area contributed by atoms with E-state index in [-0.39, 0.29) is 0 Å². The lowest BCUT2D eigenvalue weighted by atomic mass is 10.1. The minimum atomic E-state index is 0.923. The largest absolute Gasteiger partial charge is 0.279 e. The van der Waals surface area contributed by atoms with Gasteiger partial charge in [0.15, 0.2) is 5.65 Å². The zero-order valence-corrected chi connectivity index (χ0v) is 9.96. The van der Waals surface area contributed by atoms with Crippen molar-refractivity contribution in [2.75, 3.05) is 0 Å². The number of fused-ring (bicyclic) bond motifs is 6. The third-order valence-corrected chi connectivity index (χ3v) is 3.43. The van der Waals surface area contributed by atoms with Crippen LogP contribution in [0.25, 0.3) is 27.3 Å². The van der Waals surface area contributed by atoms with Gasteiger partial charge in [0, 0.05) is 10.8 Å². The fourth-order valence-corrected chi connectivity index (χ4v) is 2.63. The maximum atomic E-state index is 4.31. The summed E-state index contributed by atoms with van der Waals surface area (Å²) in [6, 6.07) is 16.7. The van der Waals surface area contributed by atoms with Gasteiger partial charge in [-0.2, -0.15) is 0 Å². The summed E-state index contributed by atoms with van der Waals surface area (Å²) in [4.78, 5) is 0. The zero-order valence-electron chi connectivity index (χ0n) is 9.96. The van der Waals surface area contributed by atoms with Gasteiger partial charge < -0.3 is 0 Å². The van der Waals surface area contributed by atoms with Crippen LogP contribution in [0.4, 0.5) is 0 Å². The summed E-state index contributed by atoms with van der Waals surface area (Å²) in [6.45, 7) is 1.99. The zero-order chi connectivity index (χ0) is 12.1. The molecule has 2 aromatic carbocycles. The third kappa shape index (κ3) is 1.08. The number of hydrogen-bond donors (Lipinski definition) is 0. The fourth-order valence-electron chi connectivity index (χ4n) is 2.63. The average molecular weight is 233 g/mol. The van der Waals surface area contributed by atoms with Crippen molar-refractivity contribution < 1.29 is 0 Å². The molecular weight excluding hydrogens is 222 g/mol. The lowest BCUT2D eigenvalue weighted by molar-refractivity contribution is 1.02. The first-order chi connectivity index (χ1) is 8.86. The van der Waals surface area contributed by atoms with Crippen molar-refractivity contribution in [2.45, 2.75) is 6.92 Å². The van der Waals surface area contributed by atoms with Crippen LogP contribution in [0.5, 0.6) is 0 Å². The molecule has 4 rings (SSSR count). The van der Waals surface area contributed by atoms with Crippen molar-refractivity contribution in [1.82, 2.24) is 14.6 Å². The second-order valence-electron chi connectivity index (χ2n) is 4.47. The van der Waals surface area contributed by atoms with Gasteiger partial charge in [-0.3, -0.25) is 4.40 Å². The summed E-state index contributed by atoms with van der Waals surface area (Å²) in [6.07, 6.45) is 0. The Morgan fingerprint density at radius 2 is 1.44 bits per heavy atom. The Kier molecular flexibility index (Phi) is 1.75. The monoisotopic (exact) mass is 233 g/mol. The van der Waals surface area contributed by atoms with Gasteiger partial charge in [0.1, 0.15) is 5.82 Å². The summed E-state index contributed by atoms with van der Waals surface area (Å²) < 4.78 is 2.12. The van der Waals surface area contributed by atoms with E-state index in [0.29, 0.717) is 0 Å². The topological polar surface area (TPSA) is 30.2 Å². The van der Waals surface area contributed by atoms with Crippen molar-refractivity contribution >= 4 is 27.3 Å². The van der Waals surface area contributed by atoms with Crippen LogP contribution >= 0.6 is 0 Å². The minimum Gasteiger partial charge on any atom is -0.279 e. The van der Waals surface area contributed by atoms with E-state index in [2.05, 4.69) is 57.1 Å². The van der Waals surface area contributed by atoms with E-state index in [9.17, 15) is 0 Å². The molecule has 0 aliphatic heterocycles. The molecule has 0 spiro atoms. The lowest BCUT2D eigenvalue weighted by Gasteiger charge is -2.07. The van der Waals surface area contributed by atoms with E-state index in [1.807, 2.05) is 13.0 Å². The Bertz CT molecular complexity index is 890. The molecular formula is C15H11N3. The van der Waals surface area contributed by atoms with E-state index < -0.39 is 0 Å². The molecule has 4 aromatic rings. The summed E-state index contributed by atoms with van der Waals surface area (Å²) >= 11 is 0. The van der Waals surface area contributed by atoms with Crippen LogP contribution in [-0.2, 0) is 0 Å². The van der Waals surface area contributed by atoms with Crippen molar-refractivity contribution in [3.05, 3.63) is 54.4 Å². The molecule has 3 nitrogen and oxygen atoms in total. The standard InChI is InChI=1S/C15H11N3/c1-10-16-17-15-13-8-3-2-6-11(13)12-7-4-5-9-14(12)18(10)15/h2-9H,1H3. The molecule has 0 fully saturated rings. The first-order valence-electron chi connectivity index (χ1n) is 5.97. The molecule has 0 bridgehead atoms. The number of benzene rings is 2.